The third kappa shape index (κ3) is 4.07. The minimum atomic E-state index is -2.40. The van der Waals surface area contributed by atoms with Crippen molar-refractivity contribution in [1.29, 1.82) is 0 Å². The van der Waals surface area contributed by atoms with Crippen molar-refractivity contribution in [3.05, 3.63) is 0 Å². The molecule has 0 radical (unpaired) electrons. The molecule has 0 aromatic carbocycles. The average molecular weight is 429 g/mol. The molecule has 120 valence electrons. The van der Waals surface area contributed by atoms with Gasteiger partial charge in [0, 0.05) is 0 Å². The molecular weight excluding hydrogens is 409 g/mol. The Morgan fingerprint density at radius 2 is 0.714 bits per heavy atom. The van der Waals surface area contributed by atoms with E-state index in [4.69, 9.17) is 18.9 Å². The minimum absolute atomic E-state index is 0.370. The Morgan fingerprint density at radius 3 is 0.857 bits per heavy atom. The van der Waals surface area contributed by atoms with Crippen molar-refractivity contribution in [2.24, 2.45) is 0 Å². The SMILES string of the molecule is CC1OC1[S][Ge]([S]C1OC1C)([S]C1OC1C)[S]C1OC1C. The molecule has 21 heavy (non-hydrogen) atoms. The van der Waals surface area contributed by atoms with Crippen LogP contribution >= 0.6 is 40.3 Å². The molecule has 4 heterocycles. The second-order valence-electron chi connectivity index (χ2n) is 5.81. The molecule has 9 heteroatoms. The van der Waals surface area contributed by atoms with E-state index in [-0.39, 0.29) is 0 Å². The molecule has 4 aliphatic rings. The van der Waals surface area contributed by atoms with Crippen LogP contribution in [-0.4, -0.2) is 54.9 Å². The van der Waals surface area contributed by atoms with Gasteiger partial charge < -0.3 is 0 Å². The number of epoxide rings is 4. The Balaban J connectivity index is 1.47. The molecule has 0 N–H and O–H groups in total. The van der Waals surface area contributed by atoms with Gasteiger partial charge in [0.2, 0.25) is 0 Å². The second kappa shape index (κ2) is 5.94. The van der Waals surface area contributed by atoms with Crippen molar-refractivity contribution >= 4 is 49.0 Å². The zero-order valence-corrected chi connectivity index (χ0v) is 17.7. The molecule has 4 nitrogen and oxygen atoms in total. The van der Waals surface area contributed by atoms with Crippen LogP contribution in [0.2, 0.25) is 0 Å². The molecule has 0 saturated carbocycles. The standard InChI is InChI=1S/C12H20GeO4S4/c1-5-9(14-5)18-13(19-10-6(2)15-10,20-11-7(3)16-11)21-12-8(4)17-12/h5-12H,1-4H3. The van der Waals surface area contributed by atoms with Gasteiger partial charge in [-0.3, -0.25) is 0 Å². The summed E-state index contributed by atoms with van der Waals surface area (Å²) in [5.74, 6) is 0. The van der Waals surface area contributed by atoms with E-state index in [0.717, 1.165) is 0 Å². The molecule has 4 aliphatic heterocycles. The van der Waals surface area contributed by atoms with Crippen molar-refractivity contribution in [3.8, 4) is 0 Å². The summed E-state index contributed by atoms with van der Waals surface area (Å²) in [5.41, 5.74) is 1.48. The van der Waals surface area contributed by atoms with E-state index in [2.05, 4.69) is 68.0 Å². The Kier molecular flexibility index (Phi) is 4.60. The maximum absolute atomic E-state index is 5.71. The van der Waals surface area contributed by atoms with E-state index in [1.807, 2.05) is 0 Å². The second-order valence-corrected chi connectivity index (χ2v) is 37.4. The third-order valence-corrected chi connectivity index (χ3v) is 38.8. The van der Waals surface area contributed by atoms with Gasteiger partial charge in [0.05, 0.1) is 0 Å². The van der Waals surface area contributed by atoms with Gasteiger partial charge >= 0.3 is 142 Å². The van der Waals surface area contributed by atoms with E-state index in [9.17, 15) is 0 Å². The molecule has 0 amide bonds. The Labute approximate surface area is 141 Å². The van der Waals surface area contributed by atoms with Crippen molar-refractivity contribution < 1.29 is 18.9 Å². The van der Waals surface area contributed by atoms with Crippen LogP contribution in [0.1, 0.15) is 27.7 Å². The number of rotatable bonds is 8. The van der Waals surface area contributed by atoms with E-state index < -0.39 is 8.70 Å². The summed E-state index contributed by atoms with van der Waals surface area (Å²) in [6.07, 6.45) is 1.59. The molecule has 8 atom stereocenters. The van der Waals surface area contributed by atoms with Crippen LogP contribution in [-0.2, 0) is 18.9 Å². The number of hydrogen-bond acceptors (Lipinski definition) is 8. The molecule has 0 aromatic rings. The van der Waals surface area contributed by atoms with Gasteiger partial charge in [-0.05, 0) is 0 Å². The van der Waals surface area contributed by atoms with Crippen LogP contribution in [0, 0.1) is 0 Å². The summed E-state index contributed by atoms with van der Waals surface area (Å²) in [5, 5.41) is 0. The van der Waals surface area contributed by atoms with Gasteiger partial charge in [-0.2, -0.15) is 0 Å². The van der Waals surface area contributed by atoms with Crippen LogP contribution in [0.15, 0.2) is 0 Å². The first-order valence-electron chi connectivity index (χ1n) is 7.29. The zero-order valence-electron chi connectivity index (χ0n) is 12.4. The van der Waals surface area contributed by atoms with Gasteiger partial charge in [-0.1, -0.05) is 0 Å². The molecule has 4 rings (SSSR count). The topological polar surface area (TPSA) is 50.1 Å². The maximum atomic E-state index is 5.71. The van der Waals surface area contributed by atoms with Gasteiger partial charge in [0.15, 0.2) is 0 Å². The summed E-state index contributed by atoms with van der Waals surface area (Å²) in [7, 11) is 5.96. The molecule has 8 unspecified atom stereocenters. The van der Waals surface area contributed by atoms with E-state index >= 15 is 0 Å². The van der Waals surface area contributed by atoms with Gasteiger partial charge in [-0.25, -0.2) is 0 Å². The van der Waals surface area contributed by atoms with Gasteiger partial charge in [0.1, 0.15) is 0 Å². The summed E-state index contributed by atoms with van der Waals surface area (Å²) < 4.78 is 22.8. The molecular formula is C12H20GeO4S4. The molecule has 4 saturated heterocycles. The Morgan fingerprint density at radius 1 is 0.524 bits per heavy atom. The first-order valence-corrected chi connectivity index (χ1v) is 21.1. The monoisotopic (exact) mass is 430 g/mol. The summed E-state index contributed by atoms with van der Waals surface area (Å²) in [4.78, 5) is 0. The third-order valence-electron chi connectivity index (χ3n) is 3.66. The fourth-order valence-corrected chi connectivity index (χ4v) is 43.5. The predicted molar refractivity (Wildman–Crippen MR) is 93.5 cm³/mol. The van der Waals surface area contributed by atoms with Crippen molar-refractivity contribution in [1.82, 2.24) is 0 Å². The van der Waals surface area contributed by atoms with Crippen LogP contribution in [0.3, 0.4) is 0 Å². The normalized spacial score (nSPS) is 53.1. The van der Waals surface area contributed by atoms with Gasteiger partial charge in [0.25, 0.3) is 0 Å². The van der Waals surface area contributed by atoms with E-state index in [1.54, 1.807) is 0 Å². The summed E-state index contributed by atoms with van der Waals surface area (Å²) in [6, 6.07) is 0. The van der Waals surface area contributed by atoms with E-state index in [0.29, 0.717) is 46.2 Å². The molecule has 0 aromatic heterocycles. The Hall–Kier alpha value is 1.78. The van der Waals surface area contributed by atoms with Crippen molar-refractivity contribution in [2.75, 3.05) is 0 Å². The summed E-state index contributed by atoms with van der Waals surface area (Å²) in [6.45, 7) is 8.64. The molecule has 0 bridgehead atoms. The zero-order chi connectivity index (χ0) is 14.8. The summed E-state index contributed by atoms with van der Waals surface area (Å²) >= 11 is 0. The van der Waals surface area contributed by atoms with Crippen LogP contribution in [0.5, 0.6) is 0 Å². The fraction of sp³-hybridized carbons (Fsp3) is 1.00. The molecule has 0 spiro atoms. The number of ether oxygens (including phenoxy) is 4. The molecule has 0 aliphatic carbocycles. The Bertz CT molecular complexity index is 353. The van der Waals surface area contributed by atoms with Gasteiger partial charge in [-0.15, -0.1) is 0 Å². The van der Waals surface area contributed by atoms with Crippen LogP contribution in [0.25, 0.3) is 0 Å². The van der Waals surface area contributed by atoms with Crippen molar-refractivity contribution in [3.63, 3.8) is 0 Å². The first kappa shape index (κ1) is 16.3. The average Bonchev–Trinajstić information content (AvgIpc) is 3.29. The van der Waals surface area contributed by atoms with E-state index in [1.165, 1.54) is 0 Å². The first-order chi connectivity index (χ1) is 9.96. The fourth-order valence-electron chi connectivity index (χ4n) is 1.89. The quantitative estimate of drug-likeness (QED) is 0.431. The molecule has 4 fully saturated rings. The predicted octanol–water partition coefficient (Wildman–Crippen LogP) is 3.33. The van der Waals surface area contributed by atoms with Crippen LogP contribution in [0.4, 0.5) is 0 Å². The van der Waals surface area contributed by atoms with Crippen LogP contribution < -0.4 is 0 Å². The number of hydrogen-bond donors (Lipinski definition) is 0. The van der Waals surface area contributed by atoms with Crippen molar-refractivity contribution in [2.45, 2.75) is 73.9 Å².